The second-order valence-corrected chi connectivity index (χ2v) is 15.1. The zero-order chi connectivity index (χ0) is 37.9. The second-order valence-electron chi connectivity index (χ2n) is 15.1. The Balaban J connectivity index is 1.29. The van der Waals surface area contributed by atoms with Gasteiger partial charge in [0.25, 0.3) is 0 Å². The quantitative estimate of drug-likeness (QED) is 0.170. The molecule has 0 radical (unpaired) electrons. The second kappa shape index (κ2) is 11.8. The van der Waals surface area contributed by atoms with Crippen LogP contribution < -0.4 is 0 Å². The van der Waals surface area contributed by atoms with Crippen LogP contribution in [0.15, 0.2) is 188 Å². The summed E-state index contributed by atoms with van der Waals surface area (Å²) in [7, 11) is 0. The van der Waals surface area contributed by atoms with Gasteiger partial charge in [0.2, 0.25) is 0 Å². The Kier molecular flexibility index (Phi) is 6.38. The van der Waals surface area contributed by atoms with E-state index in [2.05, 4.69) is 179 Å². The van der Waals surface area contributed by atoms with Gasteiger partial charge in [0.05, 0.1) is 27.6 Å². The standard InChI is InChI=1S/C53H31N5/c1-2-17-35(18-3-1)57-43-26-12-10-23-40(43)46-48-45(36-19-6-8-21-38(36)50(46)57)37-20-7-9-22-39(37)51-47(48)41-24-11-13-27-44(41)58(51)53-49-42(25-14-30-54-49)55-52(56-53)34-29-28-32-15-4-5-16-33(32)31-34/h1-31H. The third-order valence-corrected chi connectivity index (χ3v) is 12.1. The summed E-state index contributed by atoms with van der Waals surface area (Å²) in [6.07, 6.45) is 1.85. The molecule has 0 amide bonds. The predicted molar refractivity (Wildman–Crippen MR) is 241 cm³/mol. The maximum absolute atomic E-state index is 5.50. The lowest BCUT2D eigenvalue weighted by molar-refractivity contribution is 1.07. The number of fused-ring (bicyclic) bond motifs is 17. The van der Waals surface area contributed by atoms with Crippen molar-refractivity contribution in [1.29, 1.82) is 0 Å². The van der Waals surface area contributed by atoms with Crippen molar-refractivity contribution in [3.05, 3.63) is 188 Å². The monoisotopic (exact) mass is 737 g/mol. The Morgan fingerprint density at radius 3 is 1.66 bits per heavy atom. The molecule has 5 heteroatoms. The molecule has 268 valence electrons. The van der Waals surface area contributed by atoms with E-state index in [9.17, 15) is 0 Å². The number of pyridine rings is 1. The highest BCUT2D eigenvalue weighted by Gasteiger charge is 2.27. The molecule has 0 aliphatic carbocycles. The first-order valence-corrected chi connectivity index (χ1v) is 19.7. The molecule has 0 saturated heterocycles. The largest absolute Gasteiger partial charge is 0.309 e. The third-order valence-electron chi connectivity index (χ3n) is 12.1. The van der Waals surface area contributed by atoms with Gasteiger partial charge in [-0.25, -0.2) is 9.97 Å². The van der Waals surface area contributed by atoms with E-state index < -0.39 is 0 Å². The molecule has 0 atom stereocenters. The lowest BCUT2D eigenvalue weighted by Gasteiger charge is -2.17. The minimum Gasteiger partial charge on any atom is -0.309 e. The molecule has 0 saturated carbocycles. The van der Waals surface area contributed by atoms with Crippen LogP contribution >= 0.6 is 0 Å². The fourth-order valence-electron chi connectivity index (χ4n) is 9.73. The summed E-state index contributed by atoms with van der Waals surface area (Å²) < 4.78 is 4.83. The number of aromatic nitrogens is 5. The minimum atomic E-state index is 0.664. The van der Waals surface area contributed by atoms with Crippen molar-refractivity contribution in [2.24, 2.45) is 0 Å². The molecule has 5 nitrogen and oxygen atoms in total. The Morgan fingerprint density at radius 1 is 0.379 bits per heavy atom. The van der Waals surface area contributed by atoms with Gasteiger partial charge in [-0.15, -0.1) is 0 Å². The number of hydrogen-bond acceptors (Lipinski definition) is 3. The molecule has 9 aromatic carbocycles. The van der Waals surface area contributed by atoms with Crippen LogP contribution in [0.1, 0.15) is 0 Å². The SMILES string of the molecule is c1ccc(-n2c3ccccc3c3c4c(c5ccccc5c32)c2ccccc2c2c4c3ccccc3n2-c2nc(-c3ccc4ccccc4c3)nc3cccnc23)cc1. The lowest BCUT2D eigenvalue weighted by Crippen LogP contribution is -2.04. The molecule has 4 heterocycles. The molecule has 13 rings (SSSR count). The van der Waals surface area contributed by atoms with Crippen molar-refractivity contribution >= 4 is 97.7 Å². The Bertz CT molecular complexity index is 3860. The predicted octanol–water partition coefficient (Wildman–Crippen LogP) is 13.5. The van der Waals surface area contributed by atoms with Crippen LogP contribution in [0.3, 0.4) is 0 Å². The van der Waals surface area contributed by atoms with Crippen molar-refractivity contribution in [3.8, 4) is 22.9 Å². The van der Waals surface area contributed by atoms with Crippen LogP contribution in [0.4, 0.5) is 0 Å². The average molecular weight is 738 g/mol. The van der Waals surface area contributed by atoms with E-state index in [1.54, 1.807) is 0 Å². The first kappa shape index (κ1) is 31.3. The van der Waals surface area contributed by atoms with E-state index in [1.165, 1.54) is 59.5 Å². The van der Waals surface area contributed by atoms with Gasteiger partial charge in [-0.05, 0) is 69.4 Å². The summed E-state index contributed by atoms with van der Waals surface area (Å²) in [4.78, 5) is 15.6. The van der Waals surface area contributed by atoms with Crippen LogP contribution in [0, 0.1) is 0 Å². The molecule has 0 aliphatic rings. The Morgan fingerprint density at radius 2 is 0.948 bits per heavy atom. The maximum atomic E-state index is 5.50. The van der Waals surface area contributed by atoms with Gasteiger partial charge < -0.3 is 4.57 Å². The lowest BCUT2D eigenvalue weighted by atomic mass is 9.89. The topological polar surface area (TPSA) is 48.5 Å². The van der Waals surface area contributed by atoms with Crippen LogP contribution in [0.25, 0.3) is 121 Å². The normalized spacial score (nSPS) is 12.1. The molecule has 0 N–H and O–H groups in total. The third kappa shape index (κ3) is 4.22. The molecule has 0 fully saturated rings. The van der Waals surface area contributed by atoms with Gasteiger partial charge in [-0.3, -0.25) is 9.55 Å². The fourth-order valence-corrected chi connectivity index (χ4v) is 9.73. The van der Waals surface area contributed by atoms with Crippen LogP contribution in [-0.2, 0) is 0 Å². The van der Waals surface area contributed by atoms with Crippen molar-refractivity contribution in [1.82, 2.24) is 24.1 Å². The van der Waals surface area contributed by atoms with Crippen LogP contribution in [0.2, 0.25) is 0 Å². The summed E-state index contributed by atoms with van der Waals surface area (Å²) in [5, 5.41) is 14.5. The molecular formula is C53H31N5. The van der Waals surface area contributed by atoms with Crippen molar-refractivity contribution < 1.29 is 0 Å². The van der Waals surface area contributed by atoms with Gasteiger partial charge in [0.1, 0.15) is 5.52 Å². The number of nitrogens with zero attached hydrogens (tertiary/aromatic N) is 5. The first-order chi connectivity index (χ1) is 28.8. The molecule has 0 aliphatic heterocycles. The molecule has 0 spiro atoms. The average Bonchev–Trinajstić information content (AvgIpc) is 3.83. The van der Waals surface area contributed by atoms with Gasteiger partial charge >= 0.3 is 0 Å². The van der Waals surface area contributed by atoms with Gasteiger partial charge in [-0.1, -0.05) is 140 Å². The molecule has 0 unspecified atom stereocenters. The summed E-state index contributed by atoms with van der Waals surface area (Å²) in [6, 6.07) is 65.3. The molecule has 0 bridgehead atoms. The highest BCUT2D eigenvalue weighted by Crippen LogP contribution is 2.50. The Labute approximate surface area is 331 Å². The van der Waals surface area contributed by atoms with E-state index in [-0.39, 0.29) is 0 Å². The minimum absolute atomic E-state index is 0.664. The van der Waals surface area contributed by atoms with Crippen LogP contribution in [0.5, 0.6) is 0 Å². The Hall–Kier alpha value is -7.89. The number of hydrogen-bond donors (Lipinski definition) is 0. The summed E-state index contributed by atoms with van der Waals surface area (Å²) in [6.45, 7) is 0. The smallest absolute Gasteiger partial charge is 0.168 e. The molecule has 58 heavy (non-hydrogen) atoms. The van der Waals surface area contributed by atoms with E-state index in [0.717, 1.165) is 55.3 Å². The van der Waals surface area contributed by atoms with E-state index in [4.69, 9.17) is 15.0 Å². The summed E-state index contributed by atoms with van der Waals surface area (Å²) in [5.74, 6) is 1.42. The van der Waals surface area contributed by atoms with Gasteiger partial charge in [0, 0.05) is 55.2 Å². The number of para-hydroxylation sites is 3. The van der Waals surface area contributed by atoms with E-state index in [1.807, 2.05) is 18.3 Å². The van der Waals surface area contributed by atoms with Crippen molar-refractivity contribution in [2.75, 3.05) is 0 Å². The maximum Gasteiger partial charge on any atom is 0.168 e. The molecule has 13 aromatic rings. The van der Waals surface area contributed by atoms with Crippen molar-refractivity contribution in [2.45, 2.75) is 0 Å². The zero-order valence-electron chi connectivity index (χ0n) is 31.1. The zero-order valence-corrected chi connectivity index (χ0v) is 31.1. The number of benzene rings is 9. The highest BCUT2D eigenvalue weighted by molar-refractivity contribution is 6.45. The molecule has 4 aromatic heterocycles. The number of rotatable bonds is 3. The summed E-state index contributed by atoms with van der Waals surface area (Å²) >= 11 is 0. The molecular weight excluding hydrogens is 707 g/mol. The van der Waals surface area contributed by atoms with E-state index in [0.29, 0.717) is 5.82 Å². The first-order valence-electron chi connectivity index (χ1n) is 19.7. The van der Waals surface area contributed by atoms with Gasteiger partial charge in [0.15, 0.2) is 11.6 Å². The summed E-state index contributed by atoms with van der Waals surface area (Å²) in [5.41, 5.74) is 8.20. The van der Waals surface area contributed by atoms with Gasteiger partial charge in [-0.2, -0.15) is 0 Å². The van der Waals surface area contributed by atoms with Crippen LogP contribution in [-0.4, -0.2) is 24.1 Å². The van der Waals surface area contributed by atoms with Crippen molar-refractivity contribution in [3.63, 3.8) is 0 Å². The van der Waals surface area contributed by atoms with E-state index >= 15 is 0 Å². The highest BCUT2D eigenvalue weighted by atomic mass is 15.1. The fraction of sp³-hybridized carbons (Fsp3) is 0.